The van der Waals surface area contributed by atoms with Crippen molar-refractivity contribution in [2.24, 2.45) is 0 Å². The number of carbonyl (C=O) groups excluding carboxylic acids is 2. The number of nitrogens with zero attached hydrogens (tertiary/aromatic N) is 3. The van der Waals surface area contributed by atoms with Gasteiger partial charge in [-0.15, -0.1) is 0 Å². The van der Waals surface area contributed by atoms with Crippen molar-refractivity contribution in [2.45, 2.75) is 57.0 Å². The molecule has 44 heavy (non-hydrogen) atoms. The highest BCUT2D eigenvalue weighted by Gasteiger charge is 2.28. The number of carbonyl (C=O) groups is 2. The van der Waals surface area contributed by atoms with Crippen LogP contribution in [0.3, 0.4) is 0 Å². The second-order valence-corrected chi connectivity index (χ2v) is 12.8. The standard InChI is InChI=1S/C37H39N3O3S/c1-37(2,3)43-33(41)27-40-32-23-14-13-22-31(32)38-36(40)44-25-15-24-39(26-28-16-7-4-8-17-28)35(42)34(29-18-9-5-10-19-29)30-20-11-6-12-21-30/h4-14,16-23,34H,15,24-27H2,1-3H3. The van der Waals surface area contributed by atoms with Crippen LogP contribution in [0.5, 0.6) is 0 Å². The highest BCUT2D eigenvalue weighted by molar-refractivity contribution is 7.99. The number of imidazole rings is 1. The van der Waals surface area contributed by atoms with Gasteiger partial charge in [0.05, 0.1) is 17.0 Å². The average molecular weight is 606 g/mol. The summed E-state index contributed by atoms with van der Waals surface area (Å²) in [6.07, 6.45) is 0.759. The normalized spacial score (nSPS) is 11.5. The number of hydrogen-bond acceptors (Lipinski definition) is 5. The lowest BCUT2D eigenvalue weighted by Crippen LogP contribution is -2.36. The summed E-state index contributed by atoms with van der Waals surface area (Å²) < 4.78 is 7.54. The van der Waals surface area contributed by atoms with Gasteiger partial charge in [-0.3, -0.25) is 9.59 Å². The van der Waals surface area contributed by atoms with E-state index in [-0.39, 0.29) is 18.4 Å². The highest BCUT2D eigenvalue weighted by atomic mass is 32.2. The molecule has 0 bridgehead atoms. The van der Waals surface area contributed by atoms with Crippen molar-refractivity contribution in [1.82, 2.24) is 14.5 Å². The van der Waals surface area contributed by atoms with E-state index in [0.29, 0.717) is 13.1 Å². The molecular formula is C37H39N3O3S. The number of aromatic nitrogens is 2. The van der Waals surface area contributed by atoms with Gasteiger partial charge >= 0.3 is 5.97 Å². The molecule has 1 amide bonds. The maximum Gasteiger partial charge on any atom is 0.326 e. The van der Waals surface area contributed by atoms with Crippen molar-refractivity contribution in [3.63, 3.8) is 0 Å². The van der Waals surface area contributed by atoms with Crippen LogP contribution in [0.4, 0.5) is 0 Å². The fraction of sp³-hybridized carbons (Fsp3) is 0.270. The Bertz CT molecular complexity index is 1630. The third-order valence-electron chi connectivity index (χ3n) is 7.17. The van der Waals surface area contributed by atoms with Crippen LogP contribution in [0.25, 0.3) is 11.0 Å². The van der Waals surface area contributed by atoms with Crippen LogP contribution in [0, 0.1) is 0 Å². The molecule has 0 atom stereocenters. The topological polar surface area (TPSA) is 64.4 Å². The highest BCUT2D eigenvalue weighted by Crippen LogP contribution is 2.29. The molecule has 4 aromatic carbocycles. The first-order valence-electron chi connectivity index (χ1n) is 15.0. The maximum absolute atomic E-state index is 14.4. The van der Waals surface area contributed by atoms with Crippen molar-refractivity contribution in [3.05, 3.63) is 132 Å². The number of amides is 1. The van der Waals surface area contributed by atoms with Crippen LogP contribution in [0.2, 0.25) is 0 Å². The third kappa shape index (κ3) is 8.17. The predicted molar refractivity (Wildman–Crippen MR) is 178 cm³/mol. The van der Waals surface area contributed by atoms with Crippen molar-refractivity contribution >= 4 is 34.7 Å². The van der Waals surface area contributed by atoms with E-state index in [1.54, 1.807) is 11.8 Å². The van der Waals surface area contributed by atoms with Crippen molar-refractivity contribution in [1.29, 1.82) is 0 Å². The van der Waals surface area contributed by atoms with E-state index in [1.165, 1.54) is 0 Å². The molecule has 0 unspecified atom stereocenters. The summed E-state index contributed by atoms with van der Waals surface area (Å²) in [5, 5.41) is 0.768. The molecule has 0 aliphatic carbocycles. The van der Waals surface area contributed by atoms with E-state index < -0.39 is 11.5 Å². The number of benzene rings is 4. The second kappa shape index (κ2) is 14.4. The Balaban J connectivity index is 1.34. The molecule has 0 aliphatic heterocycles. The largest absolute Gasteiger partial charge is 0.459 e. The van der Waals surface area contributed by atoms with Gasteiger partial charge < -0.3 is 14.2 Å². The molecule has 0 spiro atoms. The number of fused-ring (bicyclic) bond motifs is 1. The molecule has 226 valence electrons. The monoisotopic (exact) mass is 605 g/mol. The molecule has 0 N–H and O–H groups in total. The third-order valence-corrected chi connectivity index (χ3v) is 8.23. The zero-order valence-corrected chi connectivity index (χ0v) is 26.4. The molecule has 6 nitrogen and oxygen atoms in total. The molecule has 0 saturated carbocycles. The Labute approximate surface area is 264 Å². The number of hydrogen-bond donors (Lipinski definition) is 0. The van der Waals surface area contributed by atoms with Crippen molar-refractivity contribution in [2.75, 3.05) is 12.3 Å². The Morgan fingerprint density at radius 1 is 0.818 bits per heavy atom. The Morgan fingerprint density at radius 2 is 1.39 bits per heavy atom. The van der Waals surface area contributed by atoms with Crippen LogP contribution in [-0.2, 0) is 27.4 Å². The van der Waals surface area contributed by atoms with Gasteiger partial charge in [0, 0.05) is 18.8 Å². The summed E-state index contributed by atoms with van der Waals surface area (Å²) in [6, 6.07) is 38.0. The smallest absolute Gasteiger partial charge is 0.326 e. The summed E-state index contributed by atoms with van der Waals surface area (Å²) in [4.78, 5) is 33.9. The minimum absolute atomic E-state index is 0.0772. The van der Waals surface area contributed by atoms with E-state index in [9.17, 15) is 9.59 Å². The minimum Gasteiger partial charge on any atom is -0.459 e. The van der Waals surface area contributed by atoms with Gasteiger partial charge in [-0.25, -0.2) is 4.98 Å². The summed E-state index contributed by atoms with van der Waals surface area (Å²) >= 11 is 1.60. The minimum atomic E-state index is -0.563. The van der Waals surface area contributed by atoms with Crippen LogP contribution in [0.15, 0.2) is 120 Å². The van der Waals surface area contributed by atoms with Gasteiger partial charge in [-0.1, -0.05) is 115 Å². The van der Waals surface area contributed by atoms with Gasteiger partial charge in [-0.05, 0) is 56.0 Å². The quantitative estimate of drug-likeness (QED) is 0.0828. The molecule has 0 saturated heterocycles. The second-order valence-electron chi connectivity index (χ2n) is 11.8. The fourth-order valence-corrected chi connectivity index (χ4v) is 6.20. The van der Waals surface area contributed by atoms with Crippen molar-refractivity contribution in [3.8, 4) is 0 Å². The molecule has 5 aromatic rings. The van der Waals surface area contributed by atoms with Crippen LogP contribution in [-0.4, -0.2) is 44.2 Å². The molecule has 0 radical (unpaired) electrons. The number of para-hydroxylation sites is 2. The maximum atomic E-state index is 14.4. The average Bonchev–Trinajstić information content (AvgIpc) is 3.36. The summed E-state index contributed by atoms with van der Waals surface area (Å²) in [6.45, 7) is 6.81. The van der Waals surface area contributed by atoms with E-state index in [2.05, 4.69) is 12.1 Å². The van der Waals surface area contributed by atoms with Gasteiger partial charge in [0.2, 0.25) is 5.91 Å². The molecule has 1 aromatic heterocycles. The van der Waals surface area contributed by atoms with E-state index in [0.717, 1.165) is 45.1 Å². The molecule has 1 heterocycles. The number of ether oxygens (including phenoxy) is 1. The van der Waals surface area contributed by atoms with Gasteiger partial charge in [0.25, 0.3) is 0 Å². The molecular weight excluding hydrogens is 566 g/mol. The summed E-state index contributed by atoms with van der Waals surface area (Å²) in [7, 11) is 0. The first-order valence-corrected chi connectivity index (χ1v) is 16.0. The molecule has 0 fully saturated rings. The van der Waals surface area contributed by atoms with Gasteiger partial charge in [-0.2, -0.15) is 0 Å². The Hall–Kier alpha value is -4.36. The lowest BCUT2D eigenvalue weighted by Gasteiger charge is -2.28. The zero-order chi connectivity index (χ0) is 30.9. The van der Waals surface area contributed by atoms with E-state index in [1.807, 2.05) is 133 Å². The first kappa shape index (κ1) is 31.1. The molecule has 7 heteroatoms. The first-order chi connectivity index (χ1) is 21.3. The molecule has 0 aliphatic rings. The SMILES string of the molecule is CC(C)(C)OC(=O)Cn1c(SCCCN(Cc2ccccc2)C(=O)C(c2ccccc2)c2ccccc2)nc2ccccc21. The molecule has 5 rings (SSSR count). The lowest BCUT2D eigenvalue weighted by molar-refractivity contribution is -0.155. The van der Waals surface area contributed by atoms with Crippen LogP contribution < -0.4 is 0 Å². The van der Waals surface area contributed by atoms with Gasteiger partial charge in [0.15, 0.2) is 5.16 Å². The zero-order valence-electron chi connectivity index (χ0n) is 25.6. The van der Waals surface area contributed by atoms with E-state index in [4.69, 9.17) is 9.72 Å². The van der Waals surface area contributed by atoms with Gasteiger partial charge in [0.1, 0.15) is 12.1 Å². The summed E-state index contributed by atoms with van der Waals surface area (Å²) in [5.41, 5.74) is 4.22. The number of thioether (sulfide) groups is 1. The number of rotatable bonds is 12. The number of esters is 1. The fourth-order valence-electron chi connectivity index (χ4n) is 5.26. The Morgan fingerprint density at radius 3 is 2.00 bits per heavy atom. The van der Waals surface area contributed by atoms with Crippen LogP contribution in [0.1, 0.15) is 49.8 Å². The predicted octanol–water partition coefficient (Wildman–Crippen LogP) is 7.72. The van der Waals surface area contributed by atoms with E-state index >= 15 is 0 Å². The van der Waals surface area contributed by atoms with Crippen molar-refractivity contribution < 1.29 is 14.3 Å². The lowest BCUT2D eigenvalue weighted by atomic mass is 9.90. The van der Waals surface area contributed by atoms with Crippen LogP contribution >= 0.6 is 11.8 Å². The Kier molecular flexibility index (Phi) is 10.2. The summed E-state index contributed by atoms with van der Waals surface area (Å²) in [5.74, 6) is 0.118.